The molecule has 66 heavy (non-hydrogen) atoms. The second-order valence-electron chi connectivity index (χ2n) is 17.6. The molecule has 5 aromatic carbocycles. The molecule has 2 aliphatic rings. The quantitative estimate of drug-likeness (QED) is 0.0219. The molecule has 14 heteroatoms. The van der Waals surface area contributed by atoms with Crippen LogP contribution in [0.4, 0.5) is 34.9 Å². The number of phenolic OH excluding ortho intramolecular Hbond substituents is 1. The highest BCUT2D eigenvalue weighted by atomic mass is 16.5. The van der Waals surface area contributed by atoms with Gasteiger partial charge in [0.25, 0.3) is 0 Å². The second-order valence-corrected chi connectivity index (χ2v) is 17.6. The molecule has 0 spiro atoms. The van der Waals surface area contributed by atoms with Gasteiger partial charge in [-0.15, -0.1) is 5.11 Å². The van der Waals surface area contributed by atoms with Crippen LogP contribution >= 0.6 is 0 Å². The van der Waals surface area contributed by atoms with Crippen molar-refractivity contribution in [3.8, 4) is 11.5 Å². The van der Waals surface area contributed by atoms with Gasteiger partial charge in [0.1, 0.15) is 11.4 Å². The highest BCUT2D eigenvalue weighted by Crippen LogP contribution is 2.44. The van der Waals surface area contributed by atoms with Crippen LogP contribution in [0.3, 0.4) is 0 Å². The van der Waals surface area contributed by atoms with Crippen LogP contribution in [0, 0.1) is 0 Å². The number of phenols is 1. The molecule has 2 fully saturated rings. The van der Waals surface area contributed by atoms with E-state index >= 15 is 0 Å². The van der Waals surface area contributed by atoms with Crippen molar-refractivity contribution in [3.05, 3.63) is 102 Å². The molecule has 0 amide bonds. The minimum Gasteiger partial charge on any atom is -0.505 e. The Bertz CT molecular complexity index is 2710. The smallest absolute Gasteiger partial charge is 0.233 e. The second kappa shape index (κ2) is 21.6. The lowest BCUT2D eigenvalue weighted by Crippen LogP contribution is -2.32. The number of carbonyl (C=O) groups excluding carboxylic acids is 1. The van der Waals surface area contributed by atoms with Crippen LogP contribution in [-0.4, -0.2) is 76.2 Å². The van der Waals surface area contributed by atoms with Gasteiger partial charge in [0.15, 0.2) is 11.5 Å². The van der Waals surface area contributed by atoms with E-state index in [1.165, 1.54) is 64.2 Å². The Balaban J connectivity index is 0.928. The lowest BCUT2D eigenvalue weighted by Gasteiger charge is -2.22. The topological polar surface area (TPSA) is 186 Å². The van der Waals surface area contributed by atoms with Crippen LogP contribution in [0.1, 0.15) is 93.0 Å². The number of aromatic nitrogens is 4. The summed E-state index contributed by atoms with van der Waals surface area (Å²) in [6, 6.07) is 29.8. The number of aromatic hydroxyl groups is 1. The van der Waals surface area contributed by atoms with Crippen molar-refractivity contribution in [3.63, 3.8) is 0 Å². The average Bonchev–Trinajstić information content (AvgIpc) is 3.74. The molecule has 0 aliphatic heterocycles. The van der Waals surface area contributed by atoms with E-state index in [1.54, 1.807) is 13.2 Å². The van der Waals surface area contributed by atoms with Crippen LogP contribution in [0.2, 0.25) is 0 Å². The maximum atomic E-state index is 13.9. The van der Waals surface area contributed by atoms with Crippen molar-refractivity contribution in [1.82, 2.24) is 30.6 Å². The average molecular weight is 888 g/mol. The molecule has 14 nitrogen and oxygen atoms in total. The number of methoxy groups -OCH3 is 1. The first kappa shape index (κ1) is 44.6. The number of azo groups is 1. The zero-order valence-corrected chi connectivity index (χ0v) is 37.8. The minimum atomic E-state index is -0.239. The number of nitrogens with zero attached hydrogens (tertiary/aromatic N) is 5. The van der Waals surface area contributed by atoms with Gasteiger partial charge in [0, 0.05) is 59.0 Å². The third-order valence-corrected chi connectivity index (χ3v) is 12.9. The highest BCUT2D eigenvalue weighted by molar-refractivity contribution is 6.22. The van der Waals surface area contributed by atoms with E-state index in [1.807, 2.05) is 78.9 Å². The molecular weight excluding hydrogens is 827 g/mol. The standard InChI is InChI=1S/C52H61N11O3/c1-66-40-25-18-34(19-26-40)32-45(64)43-33-35-20-27-42-41-16-8-9-17-44(41)58-47(42)46(35)48(49(43)65)63-62-39-23-21-38(22-24-39)57-52-60-50(55-30-10-28-53-36-12-4-2-5-13-36)59-51(61-52)56-31-11-29-54-37-14-6-3-7-15-37/h8-9,16-27,33,36-37,53-54,58,65H,2-7,10-15,28-32H2,1H3,(H3,55,56,57,59,60,61). The molecule has 2 aliphatic carbocycles. The van der Waals surface area contributed by atoms with Gasteiger partial charge in [-0.3, -0.25) is 4.79 Å². The Kier molecular flexibility index (Phi) is 14.6. The molecule has 0 unspecified atom stereocenters. The Labute approximate surface area is 385 Å². The summed E-state index contributed by atoms with van der Waals surface area (Å²) in [5.74, 6) is 1.68. The molecule has 7 aromatic rings. The predicted octanol–water partition coefficient (Wildman–Crippen LogP) is 11.4. The fraction of sp³-hybridized carbons (Fsp3) is 0.385. The van der Waals surface area contributed by atoms with E-state index in [0.29, 0.717) is 46.8 Å². The van der Waals surface area contributed by atoms with Gasteiger partial charge in [-0.1, -0.05) is 81.0 Å². The van der Waals surface area contributed by atoms with Crippen molar-refractivity contribution in [2.24, 2.45) is 10.2 Å². The lowest BCUT2D eigenvalue weighted by molar-refractivity contribution is 0.0990. The molecule has 2 heterocycles. The largest absolute Gasteiger partial charge is 0.505 e. The van der Waals surface area contributed by atoms with Gasteiger partial charge in [-0.05, 0) is 111 Å². The number of aromatic amines is 1. The van der Waals surface area contributed by atoms with Crippen molar-refractivity contribution < 1.29 is 14.6 Å². The fourth-order valence-electron chi connectivity index (χ4n) is 9.36. The number of para-hydroxylation sites is 1. The molecule has 0 radical (unpaired) electrons. The van der Waals surface area contributed by atoms with Gasteiger partial charge in [0.2, 0.25) is 17.8 Å². The van der Waals surface area contributed by atoms with Crippen molar-refractivity contribution >= 4 is 73.3 Å². The van der Waals surface area contributed by atoms with Crippen LogP contribution in [0.25, 0.3) is 32.6 Å². The van der Waals surface area contributed by atoms with E-state index in [2.05, 4.69) is 47.9 Å². The molecule has 0 bridgehead atoms. The number of Topliss-reactive ketones (excluding diaryl/α,β-unsaturated/α-hetero) is 1. The first-order valence-electron chi connectivity index (χ1n) is 23.8. The van der Waals surface area contributed by atoms with Gasteiger partial charge < -0.3 is 41.4 Å². The number of hydrogen-bond acceptors (Lipinski definition) is 13. The Morgan fingerprint density at radius 1 is 0.712 bits per heavy atom. The van der Waals surface area contributed by atoms with Gasteiger partial charge in [0.05, 0.1) is 23.9 Å². The molecular formula is C52H61N11O3. The van der Waals surface area contributed by atoms with E-state index in [9.17, 15) is 9.90 Å². The first-order valence-corrected chi connectivity index (χ1v) is 23.8. The number of hydrogen-bond donors (Lipinski definition) is 7. The van der Waals surface area contributed by atoms with Crippen molar-refractivity contribution in [2.75, 3.05) is 49.2 Å². The molecule has 2 aromatic heterocycles. The number of carbonyl (C=O) groups is 1. The van der Waals surface area contributed by atoms with Gasteiger partial charge in [-0.25, -0.2) is 0 Å². The van der Waals surface area contributed by atoms with Crippen LogP contribution < -0.4 is 31.3 Å². The summed E-state index contributed by atoms with van der Waals surface area (Å²) < 4.78 is 5.30. The number of H-pyrrole nitrogens is 1. The Morgan fingerprint density at radius 3 is 2.00 bits per heavy atom. The zero-order chi connectivity index (χ0) is 45.1. The van der Waals surface area contributed by atoms with Crippen LogP contribution in [0.5, 0.6) is 11.5 Å². The van der Waals surface area contributed by atoms with E-state index < -0.39 is 0 Å². The number of anilines is 4. The lowest BCUT2D eigenvalue weighted by atomic mass is 9.95. The van der Waals surface area contributed by atoms with Crippen molar-refractivity contribution in [2.45, 2.75) is 95.6 Å². The van der Waals surface area contributed by atoms with Crippen molar-refractivity contribution in [1.29, 1.82) is 0 Å². The number of nitrogens with one attached hydrogen (secondary N) is 6. The zero-order valence-electron chi connectivity index (χ0n) is 37.8. The summed E-state index contributed by atoms with van der Waals surface area (Å²) in [7, 11) is 1.60. The third-order valence-electron chi connectivity index (χ3n) is 12.9. The van der Waals surface area contributed by atoms with Gasteiger partial charge in [-0.2, -0.15) is 20.1 Å². The van der Waals surface area contributed by atoms with E-state index in [0.717, 1.165) is 77.5 Å². The number of benzene rings is 5. The molecule has 9 rings (SSSR count). The van der Waals surface area contributed by atoms with E-state index in [-0.39, 0.29) is 29.2 Å². The monoisotopic (exact) mass is 887 g/mol. The summed E-state index contributed by atoms with van der Waals surface area (Å²) in [5.41, 5.74) is 4.26. The number of ketones is 1. The van der Waals surface area contributed by atoms with Crippen LogP contribution in [0.15, 0.2) is 101 Å². The molecule has 0 atom stereocenters. The molecule has 0 saturated heterocycles. The summed E-state index contributed by atoms with van der Waals surface area (Å²) in [6.07, 6.45) is 15.1. The molecule has 342 valence electrons. The minimum absolute atomic E-state index is 0.0920. The number of rotatable bonds is 20. The summed E-state index contributed by atoms with van der Waals surface area (Å²) >= 11 is 0. The van der Waals surface area contributed by atoms with Gasteiger partial charge >= 0.3 is 0 Å². The maximum Gasteiger partial charge on any atom is 0.233 e. The predicted molar refractivity (Wildman–Crippen MR) is 266 cm³/mol. The first-order chi connectivity index (χ1) is 32.5. The number of ether oxygens (including phenoxy) is 1. The third kappa shape index (κ3) is 11.1. The normalized spacial score (nSPS) is 14.9. The highest BCUT2D eigenvalue weighted by Gasteiger charge is 2.22. The summed E-state index contributed by atoms with van der Waals surface area (Å²) in [5, 5.41) is 42.3. The maximum absolute atomic E-state index is 13.9. The molecule has 2 saturated carbocycles. The van der Waals surface area contributed by atoms with E-state index in [4.69, 9.17) is 19.7 Å². The number of fused-ring (bicyclic) bond motifs is 5. The fourth-order valence-corrected chi connectivity index (χ4v) is 9.36. The summed E-state index contributed by atoms with van der Waals surface area (Å²) in [6.45, 7) is 3.38. The molecule has 7 N–H and O–H groups in total. The Morgan fingerprint density at radius 2 is 1.35 bits per heavy atom. The summed E-state index contributed by atoms with van der Waals surface area (Å²) in [4.78, 5) is 31.6. The Hall–Kier alpha value is -6.64. The van der Waals surface area contributed by atoms with Crippen LogP contribution in [-0.2, 0) is 6.42 Å². The SMILES string of the molecule is COc1ccc(CC(=O)c2cc3ccc4c5ccccc5[nH]c4c3c(N=Nc3ccc(Nc4nc(NCCCNC5CCCCC5)nc(NCCCNC5CCCCC5)n4)cc3)c2O)cc1.